The highest BCUT2D eigenvalue weighted by Gasteiger charge is 2.30. The Morgan fingerprint density at radius 2 is 1.81 bits per heavy atom. The number of hydrogen-bond donors (Lipinski definition) is 4. The van der Waals surface area contributed by atoms with E-state index in [1.165, 1.54) is 18.2 Å². The van der Waals surface area contributed by atoms with E-state index in [0.717, 1.165) is 24.3 Å². The number of carbonyl (C=O) groups excluding carboxylic acids is 1. The van der Waals surface area contributed by atoms with E-state index in [1.54, 1.807) is 0 Å². The zero-order chi connectivity index (χ0) is 19.8. The van der Waals surface area contributed by atoms with E-state index in [1.807, 2.05) is 5.43 Å². The number of hydrogen-bond acceptors (Lipinski definition) is 6. The lowest BCUT2D eigenvalue weighted by molar-refractivity contribution is -0.137. The van der Waals surface area contributed by atoms with Crippen molar-refractivity contribution in [2.45, 2.75) is 6.18 Å². The van der Waals surface area contributed by atoms with Crippen LogP contribution in [0.15, 0.2) is 51.7 Å². The van der Waals surface area contributed by atoms with Gasteiger partial charge in [-0.05, 0) is 30.3 Å². The standard InChI is InChI=1S/C17H11F3N2O5/c18-17(19,20)8-2-1-3-9(6-8)21-22-15(25)13-14(24)11-5-4-10(23)7-12(11)27-16(13)26/h1-7,21,23-24H,(H,22,25). The molecule has 3 rings (SSSR count). The lowest BCUT2D eigenvalue weighted by Gasteiger charge is -2.12. The van der Waals surface area contributed by atoms with Crippen LogP contribution in [-0.4, -0.2) is 16.1 Å². The van der Waals surface area contributed by atoms with Crippen molar-refractivity contribution in [3.8, 4) is 11.5 Å². The van der Waals surface area contributed by atoms with Gasteiger partial charge in [0.15, 0.2) is 5.56 Å². The molecular formula is C17H11F3N2O5. The van der Waals surface area contributed by atoms with Crippen LogP contribution in [0.4, 0.5) is 18.9 Å². The van der Waals surface area contributed by atoms with Crippen molar-refractivity contribution >= 4 is 22.6 Å². The first-order valence-electron chi connectivity index (χ1n) is 7.39. The molecule has 0 aliphatic carbocycles. The Balaban J connectivity index is 1.87. The zero-order valence-corrected chi connectivity index (χ0v) is 13.3. The van der Waals surface area contributed by atoms with Crippen LogP contribution in [0.1, 0.15) is 15.9 Å². The number of aromatic hydroxyl groups is 2. The summed E-state index contributed by atoms with van der Waals surface area (Å²) in [6.07, 6.45) is -4.56. The second-order valence-corrected chi connectivity index (χ2v) is 5.45. The molecule has 7 nitrogen and oxygen atoms in total. The number of hydrazine groups is 1. The van der Waals surface area contributed by atoms with Crippen molar-refractivity contribution in [1.29, 1.82) is 0 Å². The zero-order valence-electron chi connectivity index (χ0n) is 13.3. The molecule has 27 heavy (non-hydrogen) atoms. The van der Waals surface area contributed by atoms with Gasteiger partial charge < -0.3 is 14.6 Å². The molecule has 10 heteroatoms. The van der Waals surface area contributed by atoms with Crippen LogP contribution in [-0.2, 0) is 6.18 Å². The number of phenolic OH excluding ortho intramolecular Hbond substituents is 1. The Morgan fingerprint density at radius 3 is 2.52 bits per heavy atom. The summed E-state index contributed by atoms with van der Waals surface area (Å²) in [6.45, 7) is 0. The minimum absolute atomic E-state index is 0.00313. The van der Waals surface area contributed by atoms with E-state index >= 15 is 0 Å². The maximum atomic E-state index is 12.7. The van der Waals surface area contributed by atoms with Gasteiger partial charge in [-0.1, -0.05) is 6.07 Å². The van der Waals surface area contributed by atoms with Gasteiger partial charge in [0.1, 0.15) is 17.1 Å². The highest BCUT2D eigenvalue weighted by molar-refractivity contribution is 6.02. The van der Waals surface area contributed by atoms with Gasteiger partial charge in [-0.15, -0.1) is 0 Å². The van der Waals surface area contributed by atoms with Gasteiger partial charge in [0.2, 0.25) is 0 Å². The van der Waals surface area contributed by atoms with Crippen LogP contribution >= 0.6 is 0 Å². The number of benzene rings is 2. The van der Waals surface area contributed by atoms with Crippen molar-refractivity contribution < 1.29 is 32.6 Å². The Labute approximate surface area is 148 Å². The third kappa shape index (κ3) is 3.64. The fourth-order valence-corrected chi connectivity index (χ4v) is 2.34. The molecule has 0 spiro atoms. The van der Waals surface area contributed by atoms with Crippen molar-refractivity contribution in [2.75, 3.05) is 5.43 Å². The fourth-order valence-electron chi connectivity index (χ4n) is 2.34. The highest BCUT2D eigenvalue weighted by atomic mass is 19.4. The molecule has 0 aliphatic heterocycles. The van der Waals surface area contributed by atoms with Crippen LogP contribution in [0.2, 0.25) is 0 Å². The monoisotopic (exact) mass is 380 g/mol. The minimum atomic E-state index is -4.56. The minimum Gasteiger partial charge on any atom is -0.508 e. The number of nitrogens with one attached hydrogen (secondary N) is 2. The fraction of sp³-hybridized carbons (Fsp3) is 0.0588. The molecular weight excluding hydrogens is 369 g/mol. The van der Waals surface area contributed by atoms with Crippen molar-refractivity contribution in [2.24, 2.45) is 0 Å². The summed E-state index contributed by atoms with van der Waals surface area (Å²) in [5.41, 5.74) is 1.17. The van der Waals surface area contributed by atoms with Crippen LogP contribution in [0.25, 0.3) is 11.0 Å². The molecule has 1 amide bonds. The predicted molar refractivity (Wildman–Crippen MR) is 88.3 cm³/mol. The topological polar surface area (TPSA) is 112 Å². The molecule has 0 fully saturated rings. The Kier molecular flexibility index (Phi) is 4.40. The predicted octanol–water partition coefficient (Wildman–Crippen LogP) is 2.98. The summed E-state index contributed by atoms with van der Waals surface area (Å²) in [5, 5.41) is 19.5. The van der Waals surface area contributed by atoms with Gasteiger partial charge in [0, 0.05) is 6.07 Å². The number of amides is 1. The highest BCUT2D eigenvalue weighted by Crippen LogP contribution is 2.31. The first-order valence-corrected chi connectivity index (χ1v) is 7.39. The largest absolute Gasteiger partial charge is 0.508 e. The first kappa shape index (κ1) is 18.1. The number of anilines is 1. The van der Waals surface area contributed by atoms with Gasteiger partial charge in [-0.2, -0.15) is 13.2 Å². The van der Waals surface area contributed by atoms with Gasteiger partial charge in [-0.25, -0.2) is 4.79 Å². The van der Waals surface area contributed by atoms with E-state index in [4.69, 9.17) is 4.42 Å². The van der Waals surface area contributed by atoms with Crippen LogP contribution in [0.5, 0.6) is 11.5 Å². The molecule has 140 valence electrons. The van der Waals surface area contributed by atoms with Gasteiger partial charge >= 0.3 is 11.8 Å². The maximum absolute atomic E-state index is 12.7. The molecule has 0 unspecified atom stereocenters. The van der Waals surface area contributed by atoms with Crippen LogP contribution in [0, 0.1) is 0 Å². The average molecular weight is 380 g/mol. The van der Waals surface area contributed by atoms with Crippen LogP contribution in [0.3, 0.4) is 0 Å². The Bertz CT molecular complexity index is 1090. The Morgan fingerprint density at radius 1 is 1.07 bits per heavy atom. The van der Waals surface area contributed by atoms with E-state index in [9.17, 15) is 33.0 Å². The molecule has 0 saturated carbocycles. The number of halogens is 3. The van der Waals surface area contributed by atoms with E-state index in [-0.39, 0.29) is 22.4 Å². The van der Waals surface area contributed by atoms with Crippen LogP contribution < -0.4 is 16.5 Å². The van der Waals surface area contributed by atoms with Gasteiger partial charge in [0.25, 0.3) is 5.91 Å². The number of alkyl halides is 3. The molecule has 2 aromatic carbocycles. The summed E-state index contributed by atoms with van der Waals surface area (Å²) in [7, 11) is 0. The van der Waals surface area contributed by atoms with E-state index in [0.29, 0.717) is 0 Å². The average Bonchev–Trinajstić information content (AvgIpc) is 2.59. The van der Waals surface area contributed by atoms with Crippen molar-refractivity contribution in [3.05, 3.63) is 64.0 Å². The lowest BCUT2D eigenvalue weighted by Crippen LogP contribution is -2.33. The summed E-state index contributed by atoms with van der Waals surface area (Å²) >= 11 is 0. The van der Waals surface area contributed by atoms with E-state index in [2.05, 4.69) is 5.43 Å². The molecule has 0 radical (unpaired) electrons. The molecule has 1 aromatic heterocycles. The summed E-state index contributed by atoms with van der Waals surface area (Å²) in [4.78, 5) is 24.1. The third-order valence-corrected chi connectivity index (χ3v) is 3.60. The molecule has 3 aromatic rings. The number of rotatable bonds is 3. The van der Waals surface area contributed by atoms with Crippen molar-refractivity contribution in [3.63, 3.8) is 0 Å². The maximum Gasteiger partial charge on any atom is 0.416 e. The third-order valence-electron chi connectivity index (χ3n) is 3.60. The van der Waals surface area contributed by atoms with E-state index < -0.39 is 34.6 Å². The molecule has 0 saturated heterocycles. The summed E-state index contributed by atoms with van der Waals surface area (Å²) in [5.74, 6) is -2.02. The SMILES string of the molecule is O=C(NNc1cccc(C(F)(F)F)c1)c1c(O)c2ccc(O)cc2oc1=O. The molecule has 4 N–H and O–H groups in total. The normalized spacial score (nSPS) is 11.4. The number of carbonyl (C=O) groups is 1. The summed E-state index contributed by atoms with van der Waals surface area (Å²) in [6, 6.07) is 7.54. The second-order valence-electron chi connectivity index (χ2n) is 5.45. The number of phenols is 1. The van der Waals surface area contributed by atoms with Gasteiger partial charge in [-0.3, -0.25) is 15.6 Å². The lowest BCUT2D eigenvalue weighted by atomic mass is 10.1. The molecule has 1 heterocycles. The second kappa shape index (κ2) is 6.56. The number of fused-ring (bicyclic) bond motifs is 1. The quantitative estimate of drug-likeness (QED) is 0.411. The van der Waals surface area contributed by atoms with Crippen molar-refractivity contribution in [1.82, 2.24) is 5.43 Å². The summed E-state index contributed by atoms with van der Waals surface area (Å²) < 4.78 is 43.0. The smallest absolute Gasteiger partial charge is 0.416 e. The Hall–Kier alpha value is -3.69. The molecule has 0 atom stereocenters. The first-order chi connectivity index (χ1) is 12.7. The molecule has 0 bridgehead atoms. The molecule has 0 aliphatic rings. The van der Waals surface area contributed by atoms with Gasteiger partial charge in [0.05, 0.1) is 16.6 Å².